The van der Waals surface area contributed by atoms with Crippen LogP contribution in [0.4, 0.5) is 0 Å². The van der Waals surface area contributed by atoms with Crippen LogP contribution in [0.2, 0.25) is 0 Å². The molecule has 0 spiro atoms. The number of amides is 1. The van der Waals surface area contributed by atoms with Crippen LogP contribution in [0.15, 0.2) is 23.3 Å². The predicted octanol–water partition coefficient (Wildman–Crippen LogP) is 3.33. The van der Waals surface area contributed by atoms with Crippen LogP contribution >= 0.6 is 24.0 Å². The molecule has 1 atom stereocenters. The highest BCUT2D eigenvalue weighted by molar-refractivity contribution is 14.0. The third-order valence-electron chi connectivity index (χ3n) is 5.56. The third kappa shape index (κ3) is 7.28. The minimum Gasteiger partial charge on any atom is -0.478 e. The van der Waals surface area contributed by atoms with Crippen molar-refractivity contribution >= 4 is 35.8 Å². The Balaban J connectivity index is 0.00000320. The number of hydrogen-bond acceptors (Lipinski definition) is 4. The highest BCUT2D eigenvalue weighted by atomic mass is 127. The maximum Gasteiger partial charge on any atom is 0.225 e. The van der Waals surface area contributed by atoms with Crippen molar-refractivity contribution in [2.45, 2.75) is 65.0 Å². The van der Waals surface area contributed by atoms with Gasteiger partial charge in [0, 0.05) is 43.9 Å². The quantitative estimate of drug-likeness (QED) is 0.307. The van der Waals surface area contributed by atoms with E-state index in [1.807, 2.05) is 23.2 Å². The third-order valence-corrected chi connectivity index (χ3v) is 5.56. The van der Waals surface area contributed by atoms with Crippen LogP contribution in [0.5, 0.6) is 5.88 Å². The van der Waals surface area contributed by atoms with Gasteiger partial charge in [-0.3, -0.25) is 4.79 Å². The first-order valence-corrected chi connectivity index (χ1v) is 11.1. The van der Waals surface area contributed by atoms with E-state index in [2.05, 4.69) is 29.5 Å². The fourth-order valence-corrected chi connectivity index (χ4v) is 3.99. The molecule has 7 nitrogen and oxygen atoms in total. The molecule has 30 heavy (non-hydrogen) atoms. The lowest BCUT2D eigenvalue weighted by molar-refractivity contribution is -0.134. The normalized spacial score (nSPS) is 19.5. The number of ether oxygens (including phenoxy) is 1. The maximum atomic E-state index is 12.6. The Morgan fingerprint density at radius 3 is 2.73 bits per heavy atom. The number of aliphatic imine (C=N–C) groups is 1. The molecule has 0 bridgehead atoms. The molecule has 1 amide bonds. The largest absolute Gasteiger partial charge is 0.478 e. The monoisotopic (exact) mass is 529 g/mol. The van der Waals surface area contributed by atoms with Crippen molar-refractivity contribution < 1.29 is 9.53 Å². The fraction of sp³-hybridized carbons (Fsp3) is 0.682. The molecular weight excluding hydrogens is 493 g/mol. The van der Waals surface area contributed by atoms with Crippen LogP contribution in [0.3, 0.4) is 0 Å². The van der Waals surface area contributed by atoms with E-state index in [0.717, 1.165) is 56.8 Å². The molecule has 1 saturated heterocycles. The Hall–Kier alpha value is -1.58. The Morgan fingerprint density at radius 2 is 2.07 bits per heavy atom. The zero-order chi connectivity index (χ0) is 20.5. The van der Waals surface area contributed by atoms with Crippen molar-refractivity contribution in [3.05, 3.63) is 23.9 Å². The molecule has 3 rings (SSSR count). The molecule has 2 fully saturated rings. The molecule has 8 heteroatoms. The zero-order valence-electron chi connectivity index (χ0n) is 18.2. The number of carbonyl (C=O) groups excluding carboxylic acids is 1. The van der Waals surface area contributed by atoms with E-state index in [9.17, 15) is 4.79 Å². The maximum absolute atomic E-state index is 12.6. The summed E-state index contributed by atoms with van der Waals surface area (Å²) in [6, 6.07) is 4.15. The van der Waals surface area contributed by atoms with Gasteiger partial charge in [0.1, 0.15) is 0 Å². The second-order valence-electron chi connectivity index (χ2n) is 7.94. The number of hydrogen-bond donors (Lipinski definition) is 2. The van der Waals surface area contributed by atoms with E-state index in [4.69, 9.17) is 9.73 Å². The molecule has 0 aromatic carbocycles. The van der Waals surface area contributed by atoms with Gasteiger partial charge in [-0.05, 0) is 38.2 Å². The predicted molar refractivity (Wildman–Crippen MR) is 130 cm³/mol. The number of halogens is 1. The van der Waals surface area contributed by atoms with E-state index in [1.165, 1.54) is 12.8 Å². The van der Waals surface area contributed by atoms with E-state index >= 15 is 0 Å². The molecule has 1 saturated carbocycles. The van der Waals surface area contributed by atoms with Gasteiger partial charge < -0.3 is 20.3 Å². The molecule has 1 unspecified atom stereocenters. The van der Waals surface area contributed by atoms with Gasteiger partial charge in [0.15, 0.2) is 5.96 Å². The molecule has 1 aliphatic heterocycles. The van der Waals surface area contributed by atoms with Crippen LogP contribution in [-0.2, 0) is 11.3 Å². The van der Waals surface area contributed by atoms with E-state index in [-0.39, 0.29) is 35.9 Å². The van der Waals surface area contributed by atoms with Crippen molar-refractivity contribution in [3.63, 3.8) is 0 Å². The number of likely N-dealkylation sites (tertiary alicyclic amines) is 1. The molecule has 168 valence electrons. The van der Waals surface area contributed by atoms with Crippen molar-refractivity contribution in [1.82, 2.24) is 20.5 Å². The van der Waals surface area contributed by atoms with Gasteiger partial charge >= 0.3 is 0 Å². The smallest absolute Gasteiger partial charge is 0.225 e. The SMILES string of the molecule is CCCOc1ccc(CN=C(NCC)NC2CCN(C(=O)C3CCCC3)C2)cn1.I. The second-order valence-corrected chi connectivity index (χ2v) is 7.94. The van der Waals surface area contributed by atoms with Crippen LogP contribution in [0.1, 0.15) is 57.9 Å². The van der Waals surface area contributed by atoms with Gasteiger partial charge in [-0.25, -0.2) is 9.98 Å². The lowest BCUT2D eigenvalue weighted by Gasteiger charge is -2.21. The highest BCUT2D eigenvalue weighted by Crippen LogP contribution is 2.27. The molecular formula is C22H36IN5O2. The molecule has 1 aromatic rings. The van der Waals surface area contributed by atoms with Crippen LogP contribution in [-0.4, -0.2) is 54.0 Å². The molecule has 1 aliphatic carbocycles. The van der Waals surface area contributed by atoms with E-state index in [0.29, 0.717) is 24.9 Å². The van der Waals surface area contributed by atoms with Crippen molar-refractivity contribution in [3.8, 4) is 5.88 Å². The number of nitrogens with zero attached hydrogens (tertiary/aromatic N) is 3. The number of guanidine groups is 1. The van der Waals surface area contributed by atoms with E-state index in [1.54, 1.807) is 0 Å². The number of pyridine rings is 1. The van der Waals surface area contributed by atoms with Crippen molar-refractivity contribution in [2.24, 2.45) is 10.9 Å². The Bertz CT molecular complexity index is 677. The van der Waals surface area contributed by atoms with Crippen LogP contribution in [0.25, 0.3) is 0 Å². The summed E-state index contributed by atoms with van der Waals surface area (Å²) >= 11 is 0. The summed E-state index contributed by atoms with van der Waals surface area (Å²) < 4.78 is 5.53. The minimum atomic E-state index is 0. The summed E-state index contributed by atoms with van der Waals surface area (Å²) in [4.78, 5) is 23.7. The van der Waals surface area contributed by atoms with Crippen LogP contribution < -0.4 is 15.4 Å². The number of nitrogens with one attached hydrogen (secondary N) is 2. The van der Waals surface area contributed by atoms with Gasteiger partial charge in [-0.15, -0.1) is 24.0 Å². The van der Waals surface area contributed by atoms with Gasteiger partial charge in [0.25, 0.3) is 0 Å². The lowest BCUT2D eigenvalue weighted by Crippen LogP contribution is -2.45. The van der Waals surface area contributed by atoms with Crippen molar-refractivity contribution in [2.75, 3.05) is 26.2 Å². The first kappa shape index (κ1) is 24.7. The van der Waals surface area contributed by atoms with E-state index < -0.39 is 0 Å². The van der Waals surface area contributed by atoms with Gasteiger partial charge in [-0.2, -0.15) is 0 Å². The zero-order valence-corrected chi connectivity index (χ0v) is 20.6. The fourth-order valence-electron chi connectivity index (χ4n) is 3.99. The Morgan fingerprint density at radius 1 is 1.27 bits per heavy atom. The molecule has 1 aromatic heterocycles. The number of rotatable bonds is 8. The summed E-state index contributed by atoms with van der Waals surface area (Å²) in [5.74, 6) is 2.05. The minimum absolute atomic E-state index is 0. The van der Waals surface area contributed by atoms with Crippen LogP contribution in [0, 0.1) is 5.92 Å². The van der Waals surface area contributed by atoms with Gasteiger partial charge in [0.05, 0.1) is 13.2 Å². The average molecular weight is 529 g/mol. The Kier molecular flexibility index (Phi) is 10.7. The summed E-state index contributed by atoms with van der Waals surface area (Å²) in [7, 11) is 0. The average Bonchev–Trinajstić information content (AvgIpc) is 3.43. The highest BCUT2D eigenvalue weighted by Gasteiger charge is 2.32. The summed E-state index contributed by atoms with van der Waals surface area (Å²) in [5, 5.41) is 6.81. The van der Waals surface area contributed by atoms with Gasteiger partial charge in [0.2, 0.25) is 11.8 Å². The summed E-state index contributed by atoms with van der Waals surface area (Å²) in [6.07, 6.45) is 8.27. The molecule has 2 N–H and O–H groups in total. The molecule has 2 aliphatic rings. The van der Waals surface area contributed by atoms with Gasteiger partial charge in [-0.1, -0.05) is 25.8 Å². The number of carbonyl (C=O) groups is 1. The standard InChI is InChI=1S/C22H35N5O2.HI/c1-3-13-29-20-10-9-17(14-24-20)15-25-22(23-4-2)26-19-11-12-27(16-19)21(28)18-7-5-6-8-18;/h9-10,14,18-19H,3-8,11-13,15-16H2,1-2H3,(H2,23,25,26);1H. The number of aromatic nitrogens is 1. The second kappa shape index (κ2) is 13.0. The van der Waals surface area contributed by atoms with Crippen molar-refractivity contribution in [1.29, 1.82) is 0 Å². The summed E-state index contributed by atoms with van der Waals surface area (Å²) in [5.41, 5.74) is 1.04. The topological polar surface area (TPSA) is 78.9 Å². The molecule has 2 heterocycles. The summed E-state index contributed by atoms with van der Waals surface area (Å²) in [6.45, 7) is 7.77. The Labute approximate surface area is 197 Å². The lowest BCUT2D eigenvalue weighted by atomic mass is 10.1. The first-order chi connectivity index (χ1) is 14.2. The molecule has 0 radical (unpaired) electrons. The first-order valence-electron chi connectivity index (χ1n) is 11.1.